The fourth-order valence-electron chi connectivity index (χ4n) is 3.07. The molecule has 0 spiro atoms. The van der Waals surface area contributed by atoms with Crippen LogP contribution in [0.3, 0.4) is 0 Å². The lowest BCUT2D eigenvalue weighted by Crippen LogP contribution is -2.36. The van der Waals surface area contributed by atoms with E-state index in [1.54, 1.807) is 11.0 Å². The molecule has 1 N–H and O–H groups in total. The van der Waals surface area contributed by atoms with Crippen molar-refractivity contribution in [1.82, 2.24) is 9.29 Å². The first kappa shape index (κ1) is 15.2. The van der Waals surface area contributed by atoms with E-state index in [-0.39, 0.29) is 4.90 Å². The zero-order valence-corrected chi connectivity index (χ0v) is 13.0. The quantitative estimate of drug-likeness (QED) is 0.885. The zero-order chi connectivity index (χ0) is 15.7. The SMILES string of the molecule is O=C(O)[C@H]1CCCN1c1ccc(S(=O)(=O)N2CCCC2)cn1. The van der Waals surface area contributed by atoms with Crippen LogP contribution in [0.5, 0.6) is 0 Å². The van der Waals surface area contributed by atoms with Crippen LogP contribution in [0, 0.1) is 0 Å². The second-order valence-electron chi connectivity index (χ2n) is 5.65. The summed E-state index contributed by atoms with van der Waals surface area (Å²) in [5, 5.41) is 9.20. The van der Waals surface area contributed by atoms with Crippen LogP contribution in [0.4, 0.5) is 5.82 Å². The number of carboxylic acid groups (broad SMARTS) is 1. The fourth-order valence-corrected chi connectivity index (χ4v) is 4.53. The number of hydrogen-bond acceptors (Lipinski definition) is 5. The Morgan fingerprint density at radius 1 is 1.18 bits per heavy atom. The zero-order valence-electron chi connectivity index (χ0n) is 12.2. The predicted octanol–water partition coefficient (Wildman–Crippen LogP) is 0.919. The number of pyridine rings is 1. The van der Waals surface area contributed by atoms with Crippen LogP contribution in [-0.2, 0) is 14.8 Å². The molecule has 2 fully saturated rings. The molecule has 8 heteroatoms. The first-order valence-corrected chi connectivity index (χ1v) is 8.90. The maximum Gasteiger partial charge on any atom is 0.326 e. The highest BCUT2D eigenvalue weighted by atomic mass is 32.2. The number of sulfonamides is 1. The van der Waals surface area contributed by atoms with Crippen molar-refractivity contribution >= 4 is 21.8 Å². The van der Waals surface area contributed by atoms with Gasteiger partial charge in [-0.05, 0) is 37.8 Å². The molecule has 0 unspecified atom stereocenters. The van der Waals surface area contributed by atoms with Gasteiger partial charge < -0.3 is 10.0 Å². The molecule has 0 radical (unpaired) electrons. The summed E-state index contributed by atoms with van der Waals surface area (Å²) in [6.45, 7) is 1.73. The third-order valence-corrected chi connectivity index (χ3v) is 6.14. The molecule has 2 aliphatic heterocycles. The number of carboxylic acids is 1. The molecule has 0 aromatic carbocycles. The number of nitrogens with zero attached hydrogens (tertiary/aromatic N) is 3. The highest BCUT2D eigenvalue weighted by Gasteiger charge is 2.32. The number of anilines is 1. The van der Waals surface area contributed by atoms with Crippen LogP contribution < -0.4 is 4.90 Å². The Balaban J connectivity index is 1.82. The summed E-state index contributed by atoms with van der Waals surface area (Å²) in [4.78, 5) is 17.3. The van der Waals surface area contributed by atoms with Crippen molar-refractivity contribution in [2.75, 3.05) is 24.5 Å². The van der Waals surface area contributed by atoms with E-state index in [0.29, 0.717) is 31.9 Å². The lowest BCUT2D eigenvalue weighted by Gasteiger charge is -2.22. The molecule has 0 aliphatic carbocycles. The summed E-state index contributed by atoms with van der Waals surface area (Å²) in [6, 6.07) is 2.55. The summed E-state index contributed by atoms with van der Waals surface area (Å²) in [7, 11) is -3.47. The Hall–Kier alpha value is -1.67. The highest BCUT2D eigenvalue weighted by Crippen LogP contribution is 2.26. The molecule has 1 aromatic rings. The van der Waals surface area contributed by atoms with E-state index in [0.717, 1.165) is 19.3 Å². The molecule has 120 valence electrons. The van der Waals surface area contributed by atoms with Crippen molar-refractivity contribution < 1.29 is 18.3 Å². The monoisotopic (exact) mass is 325 g/mol. The maximum absolute atomic E-state index is 12.4. The maximum atomic E-state index is 12.4. The molecule has 3 rings (SSSR count). The molecular weight excluding hydrogens is 306 g/mol. The summed E-state index contributed by atoms with van der Waals surface area (Å²) in [5.74, 6) is -0.349. The van der Waals surface area contributed by atoms with E-state index in [9.17, 15) is 18.3 Å². The van der Waals surface area contributed by atoms with E-state index in [2.05, 4.69) is 4.98 Å². The van der Waals surface area contributed by atoms with Gasteiger partial charge in [0.1, 0.15) is 16.8 Å². The minimum Gasteiger partial charge on any atom is -0.480 e. The van der Waals surface area contributed by atoms with Gasteiger partial charge in [-0.15, -0.1) is 0 Å². The molecule has 2 saturated heterocycles. The summed E-state index contributed by atoms with van der Waals surface area (Å²) in [6.07, 6.45) is 4.50. The molecule has 7 nitrogen and oxygen atoms in total. The van der Waals surface area contributed by atoms with Crippen molar-refractivity contribution in [1.29, 1.82) is 0 Å². The second-order valence-corrected chi connectivity index (χ2v) is 7.59. The lowest BCUT2D eigenvalue weighted by molar-refractivity contribution is -0.138. The van der Waals surface area contributed by atoms with Gasteiger partial charge >= 0.3 is 5.97 Å². The molecule has 1 aromatic heterocycles. The first-order chi connectivity index (χ1) is 10.5. The Morgan fingerprint density at radius 2 is 1.91 bits per heavy atom. The van der Waals surface area contributed by atoms with Crippen LogP contribution >= 0.6 is 0 Å². The van der Waals surface area contributed by atoms with Crippen molar-refractivity contribution in [2.45, 2.75) is 36.6 Å². The normalized spacial score (nSPS) is 23.1. The average molecular weight is 325 g/mol. The Bertz CT molecular complexity index is 653. The van der Waals surface area contributed by atoms with Crippen LogP contribution in [0.1, 0.15) is 25.7 Å². The Labute approximate surface area is 129 Å². The van der Waals surface area contributed by atoms with Crippen molar-refractivity contribution in [3.05, 3.63) is 18.3 Å². The predicted molar refractivity (Wildman–Crippen MR) is 80.2 cm³/mol. The average Bonchev–Trinajstić information content (AvgIpc) is 3.19. The fraction of sp³-hybridized carbons (Fsp3) is 0.571. The van der Waals surface area contributed by atoms with E-state index in [1.165, 1.54) is 16.6 Å². The van der Waals surface area contributed by atoms with Gasteiger partial charge in [0.05, 0.1) is 0 Å². The minimum absolute atomic E-state index is 0.171. The van der Waals surface area contributed by atoms with E-state index < -0.39 is 22.0 Å². The smallest absolute Gasteiger partial charge is 0.326 e. The van der Waals surface area contributed by atoms with Crippen molar-refractivity contribution in [3.8, 4) is 0 Å². The number of rotatable bonds is 4. The third-order valence-electron chi connectivity index (χ3n) is 4.26. The topological polar surface area (TPSA) is 90.8 Å². The molecule has 3 heterocycles. The van der Waals surface area contributed by atoms with Crippen molar-refractivity contribution in [2.24, 2.45) is 0 Å². The third kappa shape index (κ3) is 2.68. The van der Waals surface area contributed by atoms with Crippen molar-refractivity contribution in [3.63, 3.8) is 0 Å². The Morgan fingerprint density at radius 3 is 2.50 bits per heavy atom. The van der Waals surface area contributed by atoms with E-state index >= 15 is 0 Å². The van der Waals surface area contributed by atoms with Crippen LogP contribution in [0.2, 0.25) is 0 Å². The van der Waals surface area contributed by atoms with Crippen LogP contribution in [-0.4, -0.2) is 54.5 Å². The number of hydrogen-bond donors (Lipinski definition) is 1. The molecule has 0 amide bonds. The molecule has 22 heavy (non-hydrogen) atoms. The number of aliphatic carboxylic acids is 1. The van der Waals surface area contributed by atoms with Gasteiger partial charge in [0.15, 0.2) is 0 Å². The van der Waals surface area contributed by atoms with Gasteiger partial charge in [-0.3, -0.25) is 0 Å². The minimum atomic E-state index is -3.47. The molecule has 1 atom stereocenters. The van der Waals surface area contributed by atoms with Gasteiger partial charge in [0.25, 0.3) is 0 Å². The van der Waals surface area contributed by atoms with Crippen LogP contribution in [0.15, 0.2) is 23.2 Å². The van der Waals surface area contributed by atoms with E-state index in [4.69, 9.17) is 0 Å². The van der Waals surface area contributed by atoms with Gasteiger partial charge in [-0.25, -0.2) is 18.2 Å². The highest BCUT2D eigenvalue weighted by molar-refractivity contribution is 7.89. The summed E-state index contributed by atoms with van der Waals surface area (Å²) in [5.41, 5.74) is 0. The van der Waals surface area contributed by atoms with E-state index in [1.807, 2.05) is 0 Å². The standard InChI is InChI=1S/C14H19N3O4S/c18-14(19)12-4-3-9-17(12)13-6-5-11(10-15-13)22(20,21)16-7-1-2-8-16/h5-6,10,12H,1-4,7-9H2,(H,18,19)/t12-/m1/s1. The number of carbonyl (C=O) groups is 1. The second kappa shape index (κ2) is 5.85. The van der Waals surface area contributed by atoms with Gasteiger partial charge in [-0.1, -0.05) is 0 Å². The van der Waals surface area contributed by atoms with Gasteiger partial charge in [0, 0.05) is 25.8 Å². The first-order valence-electron chi connectivity index (χ1n) is 7.46. The van der Waals surface area contributed by atoms with Gasteiger partial charge in [0.2, 0.25) is 10.0 Å². The molecule has 0 bridgehead atoms. The van der Waals surface area contributed by atoms with Crippen LogP contribution in [0.25, 0.3) is 0 Å². The van der Waals surface area contributed by atoms with Gasteiger partial charge in [-0.2, -0.15) is 4.31 Å². The summed E-state index contributed by atoms with van der Waals surface area (Å²) >= 11 is 0. The number of aromatic nitrogens is 1. The molecular formula is C14H19N3O4S. The molecule has 2 aliphatic rings. The summed E-state index contributed by atoms with van der Waals surface area (Å²) < 4.78 is 26.3. The largest absolute Gasteiger partial charge is 0.480 e. The molecule has 0 saturated carbocycles. The lowest BCUT2D eigenvalue weighted by atomic mass is 10.2. The Kier molecular flexibility index (Phi) is 4.05.